The van der Waals surface area contributed by atoms with Crippen LogP contribution in [0.15, 0.2) is 11.5 Å². The van der Waals surface area contributed by atoms with Crippen molar-refractivity contribution in [2.75, 3.05) is 0 Å². The van der Waals surface area contributed by atoms with E-state index >= 15 is 0 Å². The Morgan fingerprint density at radius 1 is 1.50 bits per heavy atom. The molecule has 0 aliphatic rings. The lowest BCUT2D eigenvalue weighted by Crippen LogP contribution is -2.05. The summed E-state index contributed by atoms with van der Waals surface area (Å²) in [6.45, 7) is 4.25. The summed E-state index contributed by atoms with van der Waals surface area (Å²) in [5.74, 6) is 0. The van der Waals surface area contributed by atoms with Gasteiger partial charge in [0.15, 0.2) is 0 Å². The second-order valence-corrected chi connectivity index (χ2v) is 2.61. The summed E-state index contributed by atoms with van der Waals surface area (Å²) in [7, 11) is 1.66. The van der Waals surface area contributed by atoms with Gasteiger partial charge < -0.3 is 5.64 Å². The molecule has 0 rings (SSSR count). The molecule has 2 N–H and O–H groups in total. The van der Waals surface area contributed by atoms with Crippen molar-refractivity contribution in [2.24, 2.45) is 5.64 Å². The molecule has 0 saturated carbocycles. The minimum Gasteiger partial charge on any atom is -0.370 e. The number of unbranched alkanes of at least 4 members (excludes halogenated alkanes) is 3. The molecule has 57 valence electrons. The number of hydrogen-bond acceptors (Lipinski definition) is 1. The predicted octanol–water partition coefficient (Wildman–Crippen LogP) is 2.05. The third kappa shape index (κ3) is 5.89. The number of hydrogen-bond donors (Lipinski definition) is 1. The third-order valence-electron chi connectivity index (χ3n) is 1.54. The zero-order valence-electron chi connectivity index (χ0n) is 7.06. The molecule has 0 aromatic heterocycles. The molecule has 0 heterocycles. The van der Waals surface area contributed by atoms with Gasteiger partial charge in [-0.25, -0.2) is 0 Å². The summed E-state index contributed by atoms with van der Waals surface area (Å²) in [5.41, 5.74) is 6.48. The molecule has 0 bridgehead atoms. The first-order valence-electron chi connectivity index (χ1n) is 4.03. The predicted molar refractivity (Wildman–Crippen MR) is 47.8 cm³/mol. The van der Waals surface area contributed by atoms with Crippen LogP contribution in [0.5, 0.6) is 0 Å². The molecule has 0 fully saturated rings. The van der Waals surface area contributed by atoms with Gasteiger partial charge >= 0.3 is 0 Å². The van der Waals surface area contributed by atoms with E-state index in [0.29, 0.717) is 0 Å². The molecule has 0 aromatic carbocycles. The van der Waals surface area contributed by atoms with E-state index in [1.807, 2.05) is 6.92 Å². The van der Waals surface area contributed by atoms with Gasteiger partial charge in [-0.3, -0.25) is 0 Å². The Morgan fingerprint density at radius 2 is 2.20 bits per heavy atom. The second kappa shape index (κ2) is 6.88. The Morgan fingerprint density at radius 3 is 2.70 bits per heavy atom. The Hall–Kier alpha value is -0.235. The first-order chi connectivity index (χ1) is 4.81. The van der Waals surface area contributed by atoms with Crippen molar-refractivity contribution in [3.05, 3.63) is 11.5 Å². The topological polar surface area (TPSA) is 26.0 Å². The molecule has 1 radical (unpaired) electrons. The fraction of sp³-hybridized carbons (Fsp3) is 0.750. The van der Waals surface area contributed by atoms with E-state index in [2.05, 4.69) is 13.0 Å². The van der Waals surface area contributed by atoms with E-state index in [1.165, 1.54) is 31.2 Å². The van der Waals surface area contributed by atoms with E-state index < -0.39 is 0 Å². The van der Waals surface area contributed by atoms with Crippen molar-refractivity contribution in [1.82, 2.24) is 0 Å². The lowest BCUT2D eigenvalue weighted by Gasteiger charge is -1.94. The standard InChI is InChI=1S/C8H17BN/c1-3-4-5-6-7-8(2)9-10/h7H,3-6,10H2,1-2H3. The normalized spacial score (nSPS) is 11.7. The van der Waals surface area contributed by atoms with Crippen molar-refractivity contribution in [1.29, 1.82) is 0 Å². The van der Waals surface area contributed by atoms with Gasteiger partial charge in [0.2, 0.25) is 7.41 Å². The Bertz CT molecular complexity index is 99.4. The van der Waals surface area contributed by atoms with Crippen molar-refractivity contribution in [3.8, 4) is 0 Å². The SMILES string of the molecule is CCCCCC=C(C)[B]N. The van der Waals surface area contributed by atoms with Gasteiger partial charge in [0.05, 0.1) is 0 Å². The molecule has 0 aromatic rings. The van der Waals surface area contributed by atoms with Crippen LogP contribution in [-0.2, 0) is 0 Å². The van der Waals surface area contributed by atoms with Crippen LogP contribution in [0.1, 0.15) is 39.5 Å². The highest BCUT2D eigenvalue weighted by Crippen LogP contribution is 2.01. The molecule has 0 aliphatic heterocycles. The number of rotatable bonds is 5. The van der Waals surface area contributed by atoms with Crippen molar-refractivity contribution in [2.45, 2.75) is 39.5 Å². The van der Waals surface area contributed by atoms with Crippen LogP contribution in [0.4, 0.5) is 0 Å². The second-order valence-electron chi connectivity index (χ2n) is 2.61. The Balaban J connectivity index is 3.16. The van der Waals surface area contributed by atoms with Crippen LogP contribution in [0.25, 0.3) is 0 Å². The average molecular weight is 138 g/mol. The van der Waals surface area contributed by atoms with Gasteiger partial charge in [-0.15, -0.1) is 0 Å². The monoisotopic (exact) mass is 138 g/mol. The van der Waals surface area contributed by atoms with Crippen molar-refractivity contribution >= 4 is 7.41 Å². The lowest BCUT2D eigenvalue weighted by atomic mass is 9.84. The highest BCUT2D eigenvalue weighted by Gasteiger charge is 1.86. The van der Waals surface area contributed by atoms with Gasteiger partial charge in [0.25, 0.3) is 0 Å². The molecule has 0 unspecified atom stereocenters. The highest BCUT2D eigenvalue weighted by atomic mass is 14.4. The van der Waals surface area contributed by atoms with Crippen LogP contribution in [-0.4, -0.2) is 7.41 Å². The molecule has 1 nitrogen and oxygen atoms in total. The van der Waals surface area contributed by atoms with E-state index in [1.54, 1.807) is 7.41 Å². The van der Waals surface area contributed by atoms with Gasteiger partial charge in [0.1, 0.15) is 0 Å². The van der Waals surface area contributed by atoms with E-state index in [4.69, 9.17) is 5.64 Å². The molecule has 0 atom stereocenters. The molecule has 2 heteroatoms. The minimum atomic E-state index is 1.17. The maximum absolute atomic E-state index is 5.29. The maximum Gasteiger partial charge on any atom is 0.236 e. The maximum atomic E-state index is 5.29. The first kappa shape index (κ1) is 9.76. The van der Waals surface area contributed by atoms with Gasteiger partial charge in [-0.05, 0) is 12.8 Å². The Kier molecular flexibility index (Phi) is 6.72. The quantitative estimate of drug-likeness (QED) is 0.456. The van der Waals surface area contributed by atoms with Gasteiger partial charge in [-0.2, -0.15) is 0 Å². The summed E-state index contributed by atoms with van der Waals surface area (Å²) in [5, 5.41) is 0. The summed E-state index contributed by atoms with van der Waals surface area (Å²) in [6.07, 6.45) is 7.28. The first-order valence-corrected chi connectivity index (χ1v) is 4.03. The van der Waals surface area contributed by atoms with Gasteiger partial charge in [-0.1, -0.05) is 38.2 Å². The van der Waals surface area contributed by atoms with Crippen LogP contribution < -0.4 is 5.64 Å². The summed E-state index contributed by atoms with van der Waals surface area (Å²) >= 11 is 0. The van der Waals surface area contributed by atoms with E-state index in [9.17, 15) is 0 Å². The fourth-order valence-corrected chi connectivity index (χ4v) is 0.792. The van der Waals surface area contributed by atoms with E-state index in [0.717, 1.165) is 0 Å². The Labute approximate surface area is 65.0 Å². The summed E-state index contributed by atoms with van der Waals surface area (Å²) in [4.78, 5) is 0. The minimum absolute atomic E-state index is 1.17. The van der Waals surface area contributed by atoms with Crippen LogP contribution in [0.3, 0.4) is 0 Å². The third-order valence-corrected chi connectivity index (χ3v) is 1.54. The average Bonchev–Trinajstić information content (AvgIpc) is 1.98. The van der Waals surface area contributed by atoms with Crippen LogP contribution in [0, 0.1) is 0 Å². The molecule has 0 spiro atoms. The zero-order valence-corrected chi connectivity index (χ0v) is 7.06. The highest BCUT2D eigenvalue weighted by molar-refractivity contribution is 6.41. The van der Waals surface area contributed by atoms with Gasteiger partial charge in [0, 0.05) is 0 Å². The summed E-state index contributed by atoms with van der Waals surface area (Å²) in [6, 6.07) is 0. The largest absolute Gasteiger partial charge is 0.370 e. The molecule has 10 heavy (non-hydrogen) atoms. The fourth-order valence-electron chi connectivity index (χ4n) is 0.792. The van der Waals surface area contributed by atoms with E-state index in [-0.39, 0.29) is 0 Å². The molecule has 0 saturated heterocycles. The number of nitrogens with two attached hydrogens (primary N) is 1. The van der Waals surface area contributed by atoms with Crippen LogP contribution in [0.2, 0.25) is 0 Å². The zero-order chi connectivity index (χ0) is 7.82. The summed E-state index contributed by atoms with van der Waals surface area (Å²) < 4.78 is 0. The molecular weight excluding hydrogens is 121 g/mol. The number of allylic oxidation sites excluding steroid dienone is 2. The van der Waals surface area contributed by atoms with Crippen molar-refractivity contribution in [3.63, 3.8) is 0 Å². The molecular formula is C8H17BN. The molecule has 0 amide bonds. The smallest absolute Gasteiger partial charge is 0.236 e. The lowest BCUT2D eigenvalue weighted by molar-refractivity contribution is 0.728. The van der Waals surface area contributed by atoms with Crippen molar-refractivity contribution < 1.29 is 0 Å². The molecule has 0 aliphatic carbocycles. The van der Waals surface area contributed by atoms with Crippen LogP contribution >= 0.6 is 0 Å².